The molecule has 2 aromatic heterocycles. The van der Waals surface area contributed by atoms with Gasteiger partial charge in [0.15, 0.2) is 0 Å². The van der Waals surface area contributed by atoms with Crippen LogP contribution in [0.3, 0.4) is 0 Å². The van der Waals surface area contributed by atoms with E-state index in [9.17, 15) is 18.0 Å². The van der Waals surface area contributed by atoms with Crippen LogP contribution in [0, 0.1) is 0 Å². The Kier molecular flexibility index (Phi) is 4.71. The van der Waals surface area contributed by atoms with E-state index in [-0.39, 0.29) is 11.5 Å². The molecule has 1 N–H and O–H groups in total. The van der Waals surface area contributed by atoms with Gasteiger partial charge in [0.25, 0.3) is 5.56 Å². The average molecular weight is 390 g/mol. The lowest BCUT2D eigenvalue weighted by atomic mass is 10.2. The Morgan fingerprint density at radius 3 is 2.54 bits per heavy atom. The lowest BCUT2D eigenvalue weighted by Gasteiger charge is -2.34. The highest BCUT2D eigenvalue weighted by Gasteiger charge is 2.33. The Bertz CT molecular complexity index is 1040. The van der Waals surface area contributed by atoms with Crippen molar-refractivity contribution in [2.75, 3.05) is 31.1 Å². The Hall–Kier alpha value is -3.01. The Balaban J connectivity index is 1.43. The average Bonchev–Trinajstić information content (AvgIpc) is 2.68. The third kappa shape index (κ3) is 3.81. The van der Waals surface area contributed by atoms with Crippen molar-refractivity contribution in [1.29, 1.82) is 0 Å². The molecule has 7 nitrogen and oxygen atoms in total. The third-order valence-electron chi connectivity index (χ3n) is 4.62. The minimum absolute atomic E-state index is 0.0757. The van der Waals surface area contributed by atoms with Gasteiger partial charge in [0.1, 0.15) is 11.5 Å². The fourth-order valence-corrected chi connectivity index (χ4v) is 3.19. The largest absolute Gasteiger partial charge is 0.433 e. The molecule has 146 valence electrons. The zero-order valence-corrected chi connectivity index (χ0v) is 14.8. The number of H-pyrrole nitrogens is 1. The number of alkyl halides is 3. The molecular weight excluding hydrogens is 373 g/mol. The highest BCUT2D eigenvalue weighted by Crippen LogP contribution is 2.28. The summed E-state index contributed by atoms with van der Waals surface area (Å²) in [7, 11) is 0. The van der Waals surface area contributed by atoms with Gasteiger partial charge < -0.3 is 9.88 Å². The zero-order valence-electron chi connectivity index (χ0n) is 14.8. The molecule has 1 aliphatic heterocycles. The van der Waals surface area contributed by atoms with Crippen molar-refractivity contribution in [1.82, 2.24) is 24.8 Å². The van der Waals surface area contributed by atoms with Gasteiger partial charge in [-0.1, -0.05) is 12.1 Å². The molecule has 3 heterocycles. The maximum absolute atomic E-state index is 12.8. The van der Waals surface area contributed by atoms with Crippen LogP contribution in [0.4, 0.5) is 19.1 Å². The summed E-state index contributed by atoms with van der Waals surface area (Å²) in [6.07, 6.45) is -3.37. The smallest absolute Gasteiger partial charge is 0.338 e. The minimum Gasteiger partial charge on any atom is -0.338 e. The van der Waals surface area contributed by atoms with Gasteiger partial charge >= 0.3 is 6.18 Å². The van der Waals surface area contributed by atoms with Crippen molar-refractivity contribution >= 4 is 16.9 Å². The number of halogens is 3. The van der Waals surface area contributed by atoms with Crippen molar-refractivity contribution in [3.63, 3.8) is 0 Å². The maximum Gasteiger partial charge on any atom is 0.433 e. The molecule has 0 unspecified atom stereocenters. The predicted octanol–water partition coefficient (Wildman–Crippen LogP) is 2.05. The van der Waals surface area contributed by atoms with Crippen LogP contribution >= 0.6 is 0 Å². The van der Waals surface area contributed by atoms with Crippen LogP contribution in [0.1, 0.15) is 11.5 Å². The molecule has 1 fully saturated rings. The van der Waals surface area contributed by atoms with Gasteiger partial charge in [-0.05, 0) is 18.2 Å². The molecule has 0 radical (unpaired) electrons. The summed E-state index contributed by atoms with van der Waals surface area (Å²) >= 11 is 0. The van der Waals surface area contributed by atoms with Crippen molar-refractivity contribution in [3.05, 3.63) is 58.4 Å². The summed E-state index contributed by atoms with van der Waals surface area (Å²) in [5.41, 5.74) is -0.494. The van der Waals surface area contributed by atoms with E-state index in [4.69, 9.17) is 0 Å². The van der Waals surface area contributed by atoms with E-state index in [0.29, 0.717) is 49.5 Å². The lowest BCUT2D eigenvalue weighted by Crippen LogP contribution is -2.47. The molecule has 0 saturated carbocycles. The second kappa shape index (κ2) is 7.19. The number of para-hydroxylation sites is 1. The summed E-state index contributed by atoms with van der Waals surface area (Å²) in [5.74, 6) is 0.638. The molecule has 0 spiro atoms. The van der Waals surface area contributed by atoms with E-state index < -0.39 is 11.9 Å². The topological polar surface area (TPSA) is 78.0 Å². The number of rotatable bonds is 3. The van der Waals surface area contributed by atoms with Crippen molar-refractivity contribution < 1.29 is 13.2 Å². The van der Waals surface area contributed by atoms with Gasteiger partial charge in [-0.3, -0.25) is 9.69 Å². The molecule has 0 aliphatic carbocycles. The zero-order chi connectivity index (χ0) is 19.7. The molecule has 4 rings (SSSR count). The van der Waals surface area contributed by atoms with Crippen LogP contribution in [-0.2, 0) is 12.7 Å². The molecule has 1 saturated heterocycles. The molecule has 3 aromatic rings. The van der Waals surface area contributed by atoms with Crippen LogP contribution in [0.5, 0.6) is 0 Å². The van der Waals surface area contributed by atoms with Crippen LogP contribution in [-0.4, -0.2) is 51.0 Å². The van der Waals surface area contributed by atoms with Gasteiger partial charge in [-0.25, -0.2) is 15.0 Å². The SMILES string of the molecule is O=c1[nH]c(CN2CCN(c3nccc(C(F)(F)F)n3)CC2)nc2ccccc12. The van der Waals surface area contributed by atoms with E-state index in [0.717, 1.165) is 12.3 Å². The second-order valence-corrected chi connectivity index (χ2v) is 6.53. The first kappa shape index (κ1) is 18.4. The Morgan fingerprint density at radius 2 is 1.79 bits per heavy atom. The number of nitrogens with zero attached hydrogens (tertiary/aromatic N) is 5. The first-order chi connectivity index (χ1) is 13.4. The molecule has 10 heteroatoms. The van der Waals surface area contributed by atoms with Crippen LogP contribution in [0.15, 0.2) is 41.3 Å². The molecule has 0 atom stereocenters. The fraction of sp³-hybridized carbons (Fsp3) is 0.333. The quantitative estimate of drug-likeness (QED) is 0.738. The molecule has 1 aliphatic rings. The normalized spacial score (nSPS) is 15.9. The van der Waals surface area contributed by atoms with Crippen molar-refractivity contribution in [3.8, 4) is 0 Å². The monoisotopic (exact) mass is 390 g/mol. The number of aromatic nitrogens is 4. The van der Waals surface area contributed by atoms with E-state index in [1.54, 1.807) is 23.1 Å². The van der Waals surface area contributed by atoms with E-state index >= 15 is 0 Å². The number of nitrogens with one attached hydrogen (secondary N) is 1. The van der Waals surface area contributed by atoms with Crippen molar-refractivity contribution in [2.24, 2.45) is 0 Å². The molecule has 1 aromatic carbocycles. The van der Waals surface area contributed by atoms with Crippen molar-refractivity contribution in [2.45, 2.75) is 12.7 Å². The highest BCUT2D eigenvalue weighted by molar-refractivity contribution is 5.77. The maximum atomic E-state index is 12.8. The van der Waals surface area contributed by atoms with Gasteiger partial charge in [0.2, 0.25) is 5.95 Å². The molecule has 0 amide bonds. The Morgan fingerprint density at radius 1 is 1.04 bits per heavy atom. The Labute approximate surface area is 157 Å². The second-order valence-electron chi connectivity index (χ2n) is 6.53. The van der Waals surface area contributed by atoms with Gasteiger partial charge in [0, 0.05) is 32.4 Å². The van der Waals surface area contributed by atoms with Crippen LogP contribution in [0.2, 0.25) is 0 Å². The molecule has 0 bridgehead atoms. The highest BCUT2D eigenvalue weighted by atomic mass is 19.4. The third-order valence-corrected chi connectivity index (χ3v) is 4.62. The lowest BCUT2D eigenvalue weighted by molar-refractivity contribution is -0.141. The van der Waals surface area contributed by atoms with E-state index in [1.165, 1.54) is 0 Å². The number of aromatic amines is 1. The first-order valence-electron chi connectivity index (χ1n) is 8.75. The summed E-state index contributed by atoms with van der Waals surface area (Å²) in [4.78, 5) is 30.8. The minimum atomic E-state index is -4.49. The summed E-state index contributed by atoms with van der Waals surface area (Å²) in [6, 6.07) is 7.98. The number of piperazine rings is 1. The number of hydrogen-bond acceptors (Lipinski definition) is 6. The number of hydrogen-bond donors (Lipinski definition) is 1. The number of benzene rings is 1. The summed E-state index contributed by atoms with van der Waals surface area (Å²) in [5, 5.41) is 0.540. The van der Waals surface area contributed by atoms with Crippen LogP contribution < -0.4 is 10.5 Å². The van der Waals surface area contributed by atoms with Gasteiger partial charge in [-0.15, -0.1) is 0 Å². The van der Waals surface area contributed by atoms with E-state index in [2.05, 4.69) is 24.8 Å². The summed E-state index contributed by atoms with van der Waals surface area (Å²) in [6.45, 7) is 2.61. The molecule has 28 heavy (non-hydrogen) atoms. The van der Waals surface area contributed by atoms with Gasteiger partial charge in [-0.2, -0.15) is 13.2 Å². The van der Waals surface area contributed by atoms with E-state index in [1.807, 2.05) is 6.07 Å². The summed E-state index contributed by atoms with van der Waals surface area (Å²) < 4.78 is 38.5. The number of fused-ring (bicyclic) bond motifs is 1. The number of anilines is 1. The fourth-order valence-electron chi connectivity index (χ4n) is 3.19. The van der Waals surface area contributed by atoms with Gasteiger partial charge in [0.05, 0.1) is 17.4 Å². The molecular formula is C18H17F3N6O. The predicted molar refractivity (Wildman–Crippen MR) is 96.9 cm³/mol. The standard InChI is InChI=1S/C18H17F3N6O/c19-18(20,21)14-5-6-22-17(24-14)27-9-7-26(8-10-27)11-15-23-13-4-2-1-3-12(13)16(28)25-15/h1-6H,7-11H2,(H,23,25,28). The first-order valence-corrected chi connectivity index (χ1v) is 8.75. The van der Waals surface area contributed by atoms with Crippen LogP contribution in [0.25, 0.3) is 10.9 Å².